The molecule has 0 spiro atoms. The van der Waals surface area contributed by atoms with Gasteiger partial charge in [0, 0.05) is 81.3 Å². The monoisotopic (exact) mass is 749 g/mol. The number of benzene rings is 1. The van der Waals surface area contributed by atoms with E-state index in [9.17, 15) is 33.5 Å². The van der Waals surface area contributed by atoms with Crippen molar-refractivity contribution in [2.75, 3.05) is 64.2 Å². The molecule has 4 heterocycles. The number of β-amino-alcohol motifs (C(OH)–C–C–N with tert-alkyl or cyclic N) is 1. The van der Waals surface area contributed by atoms with Crippen molar-refractivity contribution in [2.24, 2.45) is 0 Å². The van der Waals surface area contributed by atoms with Gasteiger partial charge in [0.2, 0.25) is 17.7 Å². The van der Waals surface area contributed by atoms with Gasteiger partial charge in [-0.15, -0.1) is 0 Å². The van der Waals surface area contributed by atoms with Gasteiger partial charge in [0.15, 0.2) is 0 Å². The van der Waals surface area contributed by atoms with Gasteiger partial charge in [-0.2, -0.15) is 0 Å². The molecule has 1 aromatic heterocycles. The zero-order chi connectivity index (χ0) is 38.6. The van der Waals surface area contributed by atoms with E-state index >= 15 is 0 Å². The van der Waals surface area contributed by atoms with Crippen LogP contribution < -0.4 is 16.0 Å². The van der Waals surface area contributed by atoms with Crippen LogP contribution in [-0.4, -0.2) is 119 Å². The molecule has 0 radical (unpaired) electrons. The number of aliphatic hydroxyl groups excluding tert-OH is 1. The number of fused-ring (bicyclic) bond motifs is 1. The highest BCUT2D eigenvalue weighted by Gasteiger charge is 2.27. The second-order valence-corrected chi connectivity index (χ2v) is 14.7. The first kappa shape index (κ1) is 40.6. The summed E-state index contributed by atoms with van der Waals surface area (Å²) in [5.41, 5.74) is 3.98. The first-order chi connectivity index (χ1) is 26.0. The lowest BCUT2D eigenvalue weighted by Gasteiger charge is -2.34. The molecule has 5 N–H and O–H groups in total. The van der Waals surface area contributed by atoms with Crippen molar-refractivity contribution < 1.29 is 33.5 Å². The number of unbranched alkanes of at least 4 members (excludes halogenated alkanes) is 6. The zero-order valence-corrected chi connectivity index (χ0v) is 31.7. The fraction of sp³-hybridized carbons (Fsp3) is 0.575. The van der Waals surface area contributed by atoms with E-state index in [1.54, 1.807) is 11.0 Å². The van der Waals surface area contributed by atoms with Gasteiger partial charge in [0.25, 0.3) is 11.8 Å². The Morgan fingerprint density at radius 1 is 0.889 bits per heavy atom. The summed E-state index contributed by atoms with van der Waals surface area (Å²) >= 11 is 0. The molecule has 3 aliphatic heterocycles. The molecule has 5 rings (SSSR count). The quantitative estimate of drug-likeness (QED) is 0.114. The van der Waals surface area contributed by atoms with Crippen molar-refractivity contribution in [3.05, 3.63) is 52.1 Å². The van der Waals surface area contributed by atoms with Gasteiger partial charge < -0.3 is 35.8 Å². The van der Waals surface area contributed by atoms with E-state index in [0.717, 1.165) is 76.6 Å². The van der Waals surface area contributed by atoms with Crippen LogP contribution in [0.4, 0.5) is 10.1 Å². The maximum Gasteiger partial charge on any atom is 0.256 e. The smallest absolute Gasteiger partial charge is 0.256 e. The van der Waals surface area contributed by atoms with Crippen molar-refractivity contribution in [2.45, 2.75) is 90.6 Å². The molecule has 5 amide bonds. The number of carbonyl (C=O) groups is 5. The van der Waals surface area contributed by atoms with Gasteiger partial charge in [-0.25, -0.2) is 4.39 Å². The first-order valence-electron chi connectivity index (χ1n) is 19.5. The van der Waals surface area contributed by atoms with Crippen LogP contribution >= 0.6 is 0 Å². The van der Waals surface area contributed by atoms with Crippen molar-refractivity contribution in [3.8, 4) is 0 Å². The van der Waals surface area contributed by atoms with Gasteiger partial charge in [0.1, 0.15) is 5.82 Å². The van der Waals surface area contributed by atoms with Gasteiger partial charge in [-0.1, -0.05) is 32.1 Å². The van der Waals surface area contributed by atoms with Crippen LogP contribution in [0, 0.1) is 19.7 Å². The molecule has 14 heteroatoms. The average molecular weight is 750 g/mol. The number of aromatic nitrogens is 1. The zero-order valence-electron chi connectivity index (χ0n) is 31.7. The number of hydrogen-bond acceptors (Lipinski definition) is 7. The van der Waals surface area contributed by atoms with Crippen molar-refractivity contribution in [1.82, 2.24) is 30.3 Å². The number of H-pyrrole nitrogens is 1. The number of piperazine rings is 1. The highest BCUT2D eigenvalue weighted by atomic mass is 19.1. The maximum atomic E-state index is 13.9. The Balaban J connectivity index is 0.884. The van der Waals surface area contributed by atoms with E-state index in [1.807, 2.05) is 18.7 Å². The molecule has 2 saturated heterocycles. The predicted molar refractivity (Wildman–Crippen MR) is 205 cm³/mol. The van der Waals surface area contributed by atoms with Crippen molar-refractivity contribution in [3.63, 3.8) is 0 Å². The Hall–Kier alpha value is -4.56. The minimum absolute atomic E-state index is 0.00757. The minimum atomic E-state index is -0.459. The molecule has 3 aliphatic rings. The minimum Gasteiger partial charge on any atom is -0.391 e. The highest BCUT2D eigenvalue weighted by Crippen LogP contribution is 2.34. The van der Waals surface area contributed by atoms with Gasteiger partial charge in [0.05, 0.1) is 23.8 Å². The molecule has 1 aromatic carbocycles. The van der Waals surface area contributed by atoms with Gasteiger partial charge in [-0.05, 0) is 75.9 Å². The first-order valence-corrected chi connectivity index (χ1v) is 19.5. The molecule has 1 atom stereocenters. The van der Waals surface area contributed by atoms with Gasteiger partial charge in [-0.3, -0.25) is 28.9 Å². The second-order valence-electron chi connectivity index (χ2n) is 14.7. The summed E-state index contributed by atoms with van der Waals surface area (Å²) in [5.74, 6) is -0.971. The van der Waals surface area contributed by atoms with E-state index in [0.29, 0.717) is 85.8 Å². The molecule has 2 fully saturated rings. The number of nitrogens with one attached hydrogen (secondary N) is 4. The van der Waals surface area contributed by atoms with Crippen LogP contribution in [0.25, 0.3) is 11.6 Å². The maximum absolute atomic E-state index is 13.9. The third-order valence-corrected chi connectivity index (χ3v) is 10.7. The predicted octanol–water partition coefficient (Wildman–Crippen LogP) is 3.75. The SMILES string of the molecule is Cc1[nH]c(/C=C2\C(=O)Nc3ccc(F)cc32)c(C)c1C(=O)NCCCN1CCN(C(=O)CCCCCCCCCC(=O)NCC(=O)N2CC[C@@H](O)C2)CC1. The molecule has 54 heavy (non-hydrogen) atoms. The molecular weight excluding hydrogens is 693 g/mol. The van der Waals surface area contributed by atoms with E-state index in [-0.39, 0.29) is 36.1 Å². The third-order valence-electron chi connectivity index (χ3n) is 10.7. The number of hydrogen-bond donors (Lipinski definition) is 5. The Kier molecular flexibility index (Phi) is 14.8. The summed E-state index contributed by atoms with van der Waals surface area (Å²) in [6, 6.07) is 4.17. The average Bonchev–Trinajstić information content (AvgIpc) is 3.81. The van der Waals surface area contributed by atoms with E-state index < -0.39 is 11.9 Å². The topological polar surface area (TPSA) is 167 Å². The molecule has 13 nitrogen and oxygen atoms in total. The van der Waals surface area contributed by atoms with Crippen LogP contribution in [0.2, 0.25) is 0 Å². The number of aryl methyl sites for hydroxylation is 1. The fourth-order valence-electron chi connectivity index (χ4n) is 7.47. The number of nitrogens with zero attached hydrogens (tertiary/aromatic N) is 3. The van der Waals surface area contributed by atoms with Crippen molar-refractivity contribution in [1.29, 1.82) is 0 Å². The Labute approximate surface area is 317 Å². The number of halogens is 1. The van der Waals surface area contributed by atoms with Crippen LogP contribution in [-0.2, 0) is 19.2 Å². The normalized spacial score (nSPS) is 17.9. The molecule has 2 aromatic rings. The fourth-order valence-corrected chi connectivity index (χ4v) is 7.47. The lowest BCUT2D eigenvalue weighted by molar-refractivity contribution is -0.133. The standard InChI is InChI=1S/C40H56FN7O6/c1-27-34(24-32-31-23-29(41)13-14-33(31)45-39(32)53)44-28(2)38(27)40(54)42-16-10-17-46-19-21-47(22-20-46)36(51)12-9-7-5-3-4-6-8-11-35(50)43-25-37(52)48-18-15-30(49)26-48/h13-14,23-24,30,44,49H,3-12,15-22,25-26H2,1-2H3,(H,42,54)(H,43,50)(H,45,53)/b32-24-/t30-/m1/s1. The molecule has 0 bridgehead atoms. The van der Waals surface area contributed by atoms with Crippen molar-refractivity contribution >= 4 is 46.9 Å². The summed E-state index contributed by atoms with van der Waals surface area (Å²) in [7, 11) is 0. The van der Waals surface area contributed by atoms with Crippen LogP contribution in [0.3, 0.4) is 0 Å². The molecule has 0 unspecified atom stereocenters. The largest absolute Gasteiger partial charge is 0.391 e. The van der Waals surface area contributed by atoms with E-state index in [2.05, 4.69) is 25.8 Å². The number of carbonyl (C=O) groups excluding carboxylic acids is 5. The van der Waals surface area contributed by atoms with Crippen LogP contribution in [0.1, 0.15) is 104 Å². The number of anilines is 1. The second kappa shape index (κ2) is 19.7. The molecule has 0 aliphatic carbocycles. The van der Waals surface area contributed by atoms with Gasteiger partial charge >= 0.3 is 0 Å². The number of amides is 5. The number of likely N-dealkylation sites (tertiary alicyclic amines) is 1. The number of rotatable bonds is 18. The van der Waals surface area contributed by atoms with Crippen LogP contribution in [0.15, 0.2) is 18.2 Å². The van der Waals surface area contributed by atoms with E-state index in [1.165, 1.54) is 18.2 Å². The number of aromatic amines is 1. The summed E-state index contributed by atoms with van der Waals surface area (Å²) in [6.07, 6.45) is 10.4. The summed E-state index contributed by atoms with van der Waals surface area (Å²) in [6.45, 7) is 8.91. The molecular formula is C40H56FN7O6. The Bertz CT molecular complexity index is 1700. The summed E-state index contributed by atoms with van der Waals surface area (Å²) in [4.78, 5) is 71.7. The lowest BCUT2D eigenvalue weighted by atomic mass is 10.0. The number of aliphatic hydroxyl groups is 1. The molecule has 294 valence electrons. The summed E-state index contributed by atoms with van der Waals surface area (Å²) in [5, 5.41) is 18.0. The third kappa shape index (κ3) is 11.2. The highest BCUT2D eigenvalue weighted by molar-refractivity contribution is 6.35. The molecule has 0 saturated carbocycles. The van der Waals surface area contributed by atoms with E-state index in [4.69, 9.17) is 0 Å². The Morgan fingerprint density at radius 3 is 2.30 bits per heavy atom. The Morgan fingerprint density at radius 2 is 1.59 bits per heavy atom. The summed E-state index contributed by atoms with van der Waals surface area (Å²) < 4.78 is 13.9. The van der Waals surface area contributed by atoms with Crippen LogP contribution in [0.5, 0.6) is 0 Å². The lowest BCUT2D eigenvalue weighted by Crippen LogP contribution is -2.49.